The van der Waals surface area contributed by atoms with E-state index >= 15 is 0 Å². The molecule has 1 saturated heterocycles. The van der Waals surface area contributed by atoms with Crippen molar-refractivity contribution in [3.63, 3.8) is 0 Å². The molecule has 0 aromatic carbocycles. The van der Waals surface area contributed by atoms with Crippen LogP contribution in [0.5, 0.6) is 0 Å². The van der Waals surface area contributed by atoms with Gasteiger partial charge in [-0.15, -0.1) is 16.4 Å². The summed E-state index contributed by atoms with van der Waals surface area (Å²) in [5, 5.41) is 17.8. The van der Waals surface area contributed by atoms with Gasteiger partial charge in [-0.05, 0) is 44.7 Å². The van der Waals surface area contributed by atoms with Crippen molar-refractivity contribution < 1.29 is 18.6 Å². The number of thiophene rings is 1. The summed E-state index contributed by atoms with van der Waals surface area (Å²) in [4.78, 5) is 4.29. The van der Waals surface area contributed by atoms with Crippen LogP contribution in [0.3, 0.4) is 0 Å². The largest absolute Gasteiger partial charge is 0.391 e. The number of likely N-dealkylation sites (tertiary alicyclic amines) is 1. The van der Waals surface area contributed by atoms with Gasteiger partial charge in [0.25, 0.3) is 0 Å². The molecule has 4 heterocycles. The standard InChI is InChI=1S/C20H28F2N4O2S/c1-13-9-20(19-15(3-6-28-20)7-17(29-19)8-18(21)22)4-5-25(13)11-16-12-26(24-23-16)10-14(2)27/h7,12-14,18,27H,3-6,8-11H2,1-2H3/t13-,14?,20?/m0/s1. The molecule has 2 aliphatic heterocycles. The molecular weight excluding hydrogens is 398 g/mol. The quantitative estimate of drug-likeness (QED) is 0.770. The number of aromatic nitrogens is 3. The minimum atomic E-state index is -2.31. The summed E-state index contributed by atoms with van der Waals surface area (Å²) in [7, 11) is 0. The summed E-state index contributed by atoms with van der Waals surface area (Å²) in [6.45, 7) is 6.55. The highest BCUT2D eigenvalue weighted by Crippen LogP contribution is 2.47. The van der Waals surface area contributed by atoms with E-state index in [1.165, 1.54) is 16.9 Å². The molecule has 1 N–H and O–H groups in total. The Morgan fingerprint density at radius 3 is 3.00 bits per heavy atom. The van der Waals surface area contributed by atoms with Gasteiger partial charge >= 0.3 is 0 Å². The van der Waals surface area contributed by atoms with E-state index < -0.39 is 12.5 Å². The van der Waals surface area contributed by atoms with E-state index in [1.54, 1.807) is 11.6 Å². The van der Waals surface area contributed by atoms with Crippen LogP contribution in [-0.4, -0.2) is 56.7 Å². The van der Waals surface area contributed by atoms with Gasteiger partial charge < -0.3 is 9.84 Å². The normalized spacial score (nSPS) is 26.2. The molecule has 9 heteroatoms. The number of halogens is 2. The molecule has 1 spiro atoms. The Balaban J connectivity index is 1.45. The van der Waals surface area contributed by atoms with E-state index in [0.717, 1.165) is 41.3 Å². The fourth-order valence-corrected chi connectivity index (χ4v) is 5.93. The molecule has 4 rings (SSSR count). The van der Waals surface area contributed by atoms with Crippen LogP contribution >= 0.6 is 11.3 Å². The molecule has 0 aliphatic carbocycles. The molecular formula is C20H28F2N4O2S. The zero-order valence-electron chi connectivity index (χ0n) is 16.9. The number of hydrogen-bond donors (Lipinski definition) is 1. The first-order chi connectivity index (χ1) is 13.8. The third-order valence-corrected chi connectivity index (χ3v) is 7.22. The van der Waals surface area contributed by atoms with Crippen molar-refractivity contribution in [2.24, 2.45) is 0 Å². The Hall–Kier alpha value is -1.42. The minimum absolute atomic E-state index is 0.169. The van der Waals surface area contributed by atoms with Crippen LogP contribution in [0.25, 0.3) is 0 Å². The van der Waals surface area contributed by atoms with Crippen LogP contribution in [0.4, 0.5) is 8.78 Å². The van der Waals surface area contributed by atoms with Crippen LogP contribution in [0.2, 0.25) is 0 Å². The Labute approximate surface area is 173 Å². The molecule has 0 amide bonds. The highest BCUT2D eigenvalue weighted by Gasteiger charge is 2.45. The maximum atomic E-state index is 12.9. The van der Waals surface area contributed by atoms with Crippen LogP contribution in [0, 0.1) is 0 Å². The second-order valence-electron chi connectivity index (χ2n) is 8.31. The number of aliphatic hydroxyl groups is 1. The Bertz CT molecular complexity index is 840. The number of aliphatic hydroxyl groups excluding tert-OH is 1. The van der Waals surface area contributed by atoms with E-state index in [0.29, 0.717) is 19.7 Å². The van der Waals surface area contributed by atoms with Crippen molar-refractivity contribution in [3.8, 4) is 0 Å². The number of fused-ring (bicyclic) bond motifs is 2. The van der Waals surface area contributed by atoms with Crippen molar-refractivity contribution in [2.45, 2.75) is 76.8 Å². The number of alkyl halides is 2. The lowest BCUT2D eigenvalue weighted by Crippen LogP contribution is -2.50. The second kappa shape index (κ2) is 8.37. The zero-order chi connectivity index (χ0) is 20.6. The van der Waals surface area contributed by atoms with E-state index in [9.17, 15) is 13.9 Å². The zero-order valence-corrected chi connectivity index (χ0v) is 17.7. The topological polar surface area (TPSA) is 63.4 Å². The van der Waals surface area contributed by atoms with Crippen molar-refractivity contribution in [1.82, 2.24) is 19.9 Å². The van der Waals surface area contributed by atoms with E-state index in [4.69, 9.17) is 4.74 Å². The van der Waals surface area contributed by atoms with Gasteiger partial charge in [-0.25, -0.2) is 13.5 Å². The number of rotatable bonds is 6. The lowest BCUT2D eigenvalue weighted by molar-refractivity contribution is -0.110. The minimum Gasteiger partial charge on any atom is -0.391 e. The van der Waals surface area contributed by atoms with Gasteiger partial charge in [0.15, 0.2) is 0 Å². The fraction of sp³-hybridized carbons (Fsp3) is 0.700. The predicted molar refractivity (Wildman–Crippen MR) is 106 cm³/mol. The molecule has 0 saturated carbocycles. The maximum Gasteiger partial charge on any atom is 0.243 e. The van der Waals surface area contributed by atoms with Gasteiger partial charge in [0, 0.05) is 41.5 Å². The van der Waals surface area contributed by atoms with Crippen LogP contribution in [-0.2, 0) is 36.3 Å². The van der Waals surface area contributed by atoms with Gasteiger partial charge in [-0.3, -0.25) is 4.90 Å². The summed E-state index contributed by atoms with van der Waals surface area (Å²) in [6.07, 6.45) is 1.44. The Morgan fingerprint density at radius 1 is 1.45 bits per heavy atom. The van der Waals surface area contributed by atoms with Crippen LogP contribution < -0.4 is 0 Å². The Kier molecular flexibility index (Phi) is 6.02. The predicted octanol–water partition coefficient (Wildman–Crippen LogP) is 2.98. The molecule has 2 aromatic rings. The van der Waals surface area contributed by atoms with Crippen LogP contribution in [0.1, 0.15) is 47.7 Å². The second-order valence-corrected chi connectivity index (χ2v) is 9.45. The summed E-state index contributed by atoms with van der Waals surface area (Å²) in [5.41, 5.74) is 1.73. The highest BCUT2D eigenvalue weighted by atomic mass is 32.1. The molecule has 1 fully saturated rings. The smallest absolute Gasteiger partial charge is 0.243 e. The third kappa shape index (κ3) is 4.52. The van der Waals surface area contributed by atoms with Gasteiger partial charge in [-0.1, -0.05) is 5.21 Å². The molecule has 3 atom stereocenters. The van der Waals surface area contributed by atoms with Gasteiger partial charge in [0.2, 0.25) is 6.43 Å². The maximum absolute atomic E-state index is 12.9. The Morgan fingerprint density at radius 2 is 2.28 bits per heavy atom. The molecule has 2 aromatic heterocycles. The average molecular weight is 427 g/mol. The van der Waals surface area contributed by atoms with Crippen molar-refractivity contribution >= 4 is 11.3 Å². The highest BCUT2D eigenvalue weighted by molar-refractivity contribution is 7.12. The number of piperidine rings is 1. The van der Waals surface area contributed by atoms with Gasteiger partial charge in [0.1, 0.15) is 5.60 Å². The van der Waals surface area contributed by atoms with Gasteiger partial charge in [-0.2, -0.15) is 0 Å². The SMILES string of the molecule is CC(O)Cn1cc(CN2CCC3(C[C@@H]2C)OCCc2cc(CC(F)F)sc23)nn1. The third-order valence-electron chi connectivity index (χ3n) is 5.83. The molecule has 0 bridgehead atoms. The van der Waals surface area contributed by atoms with Crippen molar-refractivity contribution in [2.75, 3.05) is 13.2 Å². The molecule has 160 valence electrons. The van der Waals surface area contributed by atoms with E-state index in [2.05, 4.69) is 22.1 Å². The van der Waals surface area contributed by atoms with Crippen molar-refractivity contribution in [3.05, 3.63) is 33.3 Å². The number of hydrogen-bond acceptors (Lipinski definition) is 6. The molecule has 6 nitrogen and oxygen atoms in total. The number of ether oxygens (including phenoxy) is 1. The molecule has 29 heavy (non-hydrogen) atoms. The average Bonchev–Trinajstić information content (AvgIpc) is 3.24. The monoisotopic (exact) mass is 426 g/mol. The molecule has 0 radical (unpaired) electrons. The van der Waals surface area contributed by atoms with E-state index in [1.807, 2.05) is 12.3 Å². The lowest BCUT2D eigenvalue weighted by atomic mass is 9.82. The summed E-state index contributed by atoms with van der Waals surface area (Å²) in [6, 6.07) is 2.24. The first-order valence-corrected chi connectivity index (χ1v) is 11.0. The van der Waals surface area contributed by atoms with Crippen LogP contribution in [0.15, 0.2) is 12.3 Å². The number of nitrogens with zero attached hydrogens (tertiary/aromatic N) is 4. The summed E-state index contributed by atoms with van der Waals surface area (Å²) in [5.74, 6) is 0. The first-order valence-electron chi connectivity index (χ1n) is 10.2. The summed E-state index contributed by atoms with van der Waals surface area (Å²) >= 11 is 1.51. The molecule has 2 aliphatic rings. The fourth-order valence-electron chi connectivity index (χ4n) is 4.54. The van der Waals surface area contributed by atoms with E-state index in [-0.39, 0.29) is 18.1 Å². The van der Waals surface area contributed by atoms with Crippen molar-refractivity contribution in [1.29, 1.82) is 0 Å². The summed E-state index contributed by atoms with van der Waals surface area (Å²) < 4.78 is 33.7. The first kappa shape index (κ1) is 20.8. The lowest BCUT2D eigenvalue weighted by Gasteiger charge is -2.46. The molecule has 2 unspecified atom stereocenters. The van der Waals surface area contributed by atoms with Gasteiger partial charge in [0.05, 0.1) is 24.9 Å².